The third-order valence-corrected chi connectivity index (χ3v) is 1.55. The number of hydrogen-bond donors (Lipinski definition) is 1. The molecule has 0 spiro atoms. The molecule has 0 aliphatic heterocycles. The van der Waals surface area contributed by atoms with Crippen LogP contribution in [0.1, 0.15) is 5.56 Å². The van der Waals surface area contributed by atoms with Gasteiger partial charge in [-0.3, -0.25) is 0 Å². The topological polar surface area (TPSA) is 37.3 Å². The Hall–Kier alpha value is -1.57. The fraction of sp³-hybridized carbons (Fsp3) is 0.100. The number of aliphatic carboxylic acids is 1. The molecule has 1 N–H and O–H groups in total. The third kappa shape index (κ3) is 2.23. The van der Waals surface area contributed by atoms with Crippen LogP contribution in [-0.2, 0) is 11.2 Å². The minimum absolute atomic E-state index is 0.293. The average Bonchev–Trinajstić information content (AvgIpc) is 2.18. The van der Waals surface area contributed by atoms with E-state index in [1.165, 1.54) is 0 Å². The van der Waals surface area contributed by atoms with Crippen LogP contribution in [0.5, 0.6) is 0 Å². The van der Waals surface area contributed by atoms with E-state index in [0.717, 1.165) is 5.56 Å². The van der Waals surface area contributed by atoms with E-state index in [-0.39, 0.29) is 0 Å². The SMILES string of the molecule is [2H]OC(=O)C(=C)Cc1ccccc1. The van der Waals surface area contributed by atoms with Crippen LogP contribution in [0.25, 0.3) is 1.43 Å². The first-order valence-electron chi connectivity index (χ1n) is 4.04. The lowest BCUT2D eigenvalue weighted by Gasteiger charge is -1.99. The Kier molecular flexibility index (Phi) is 2.20. The summed E-state index contributed by atoms with van der Waals surface area (Å²) in [4.78, 5) is 10.8. The van der Waals surface area contributed by atoms with Gasteiger partial charge < -0.3 is 5.11 Å². The number of carboxylic acids is 1. The molecule has 0 saturated heterocycles. The van der Waals surface area contributed by atoms with Crippen LogP contribution in [0.4, 0.5) is 0 Å². The van der Waals surface area contributed by atoms with Crippen molar-refractivity contribution in [1.29, 1.82) is 1.43 Å². The first-order chi connectivity index (χ1) is 6.24. The molecular weight excluding hydrogens is 152 g/mol. The molecule has 0 aliphatic carbocycles. The van der Waals surface area contributed by atoms with E-state index in [1.54, 1.807) is 0 Å². The van der Waals surface area contributed by atoms with Gasteiger partial charge in [0.15, 0.2) is 0 Å². The Morgan fingerprint density at radius 1 is 1.50 bits per heavy atom. The zero-order valence-electron chi connectivity index (χ0n) is 7.62. The molecule has 0 heterocycles. The second-order valence-corrected chi connectivity index (χ2v) is 2.55. The lowest BCUT2D eigenvalue weighted by Crippen LogP contribution is -2.01. The summed E-state index contributed by atoms with van der Waals surface area (Å²) in [5.74, 6) is -0.677. The van der Waals surface area contributed by atoms with Crippen LogP contribution in [-0.4, -0.2) is 11.1 Å². The number of carbonyl (C=O) groups is 1. The maximum absolute atomic E-state index is 10.8. The first-order valence-corrected chi connectivity index (χ1v) is 3.63. The fourth-order valence-corrected chi connectivity index (χ4v) is 0.914. The largest absolute Gasteiger partial charge is 0.478 e. The van der Waals surface area contributed by atoms with E-state index in [9.17, 15) is 4.79 Å². The third-order valence-electron chi connectivity index (χ3n) is 1.55. The van der Waals surface area contributed by atoms with E-state index < -0.39 is 5.97 Å². The molecule has 0 saturated carbocycles. The summed E-state index contributed by atoms with van der Waals surface area (Å²) in [6.45, 7) is 3.53. The van der Waals surface area contributed by atoms with Crippen LogP contribution in [0, 0.1) is 0 Å². The van der Waals surface area contributed by atoms with Gasteiger partial charge in [0.05, 0.1) is 0 Å². The minimum Gasteiger partial charge on any atom is -0.478 e. The molecule has 1 aromatic carbocycles. The van der Waals surface area contributed by atoms with Gasteiger partial charge in [-0.05, 0) is 5.56 Å². The van der Waals surface area contributed by atoms with E-state index >= 15 is 0 Å². The van der Waals surface area contributed by atoms with Crippen LogP contribution in [0.15, 0.2) is 42.5 Å². The zero-order valence-corrected chi connectivity index (χ0v) is 6.62. The Labute approximate surface area is 72.6 Å². The summed E-state index contributed by atoms with van der Waals surface area (Å²) in [5.41, 5.74) is 1.28. The van der Waals surface area contributed by atoms with Gasteiger partial charge in [0, 0.05) is 12.0 Å². The molecule has 1 rings (SSSR count). The van der Waals surface area contributed by atoms with Crippen molar-refractivity contribution in [2.45, 2.75) is 6.42 Å². The molecule has 2 nitrogen and oxygen atoms in total. The van der Waals surface area contributed by atoms with Gasteiger partial charge in [-0.1, -0.05) is 36.9 Å². The van der Waals surface area contributed by atoms with Crippen molar-refractivity contribution in [2.24, 2.45) is 0 Å². The summed E-state index contributed by atoms with van der Waals surface area (Å²) >= 11 is 0. The standard InChI is InChI=1S/C10H10O2/c1-8(10(11)12)7-9-5-3-2-4-6-9/h2-6H,1,7H2,(H,11,12)/i/hD. The lowest BCUT2D eigenvalue weighted by atomic mass is 10.1. The summed E-state index contributed by atoms with van der Waals surface area (Å²) in [5, 5.41) is 3.80. The molecule has 62 valence electrons. The average molecular weight is 163 g/mol. The summed E-state index contributed by atoms with van der Waals surface area (Å²) in [7, 11) is 0. The molecule has 0 radical (unpaired) electrons. The van der Waals surface area contributed by atoms with Crippen molar-refractivity contribution in [1.82, 2.24) is 0 Å². The highest BCUT2D eigenvalue weighted by molar-refractivity contribution is 5.86. The first kappa shape index (κ1) is 7.10. The van der Waals surface area contributed by atoms with Crippen molar-refractivity contribution < 1.29 is 9.90 Å². The summed E-state index contributed by atoms with van der Waals surface area (Å²) in [6, 6.07) is 9.45. The zero-order chi connectivity index (χ0) is 9.68. The van der Waals surface area contributed by atoms with Gasteiger partial charge in [0.25, 0.3) is 1.43 Å². The van der Waals surface area contributed by atoms with Gasteiger partial charge >= 0.3 is 5.97 Å². The second-order valence-electron chi connectivity index (χ2n) is 2.55. The van der Waals surface area contributed by atoms with Gasteiger partial charge in [0.1, 0.15) is 0 Å². The van der Waals surface area contributed by atoms with E-state index in [0.29, 0.717) is 12.0 Å². The van der Waals surface area contributed by atoms with Crippen LogP contribution < -0.4 is 0 Å². The Morgan fingerprint density at radius 2 is 2.17 bits per heavy atom. The molecule has 12 heavy (non-hydrogen) atoms. The van der Waals surface area contributed by atoms with Gasteiger partial charge in [-0.15, -0.1) is 0 Å². The molecule has 0 unspecified atom stereocenters. The smallest absolute Gasteiger partial charge is 0.331 e. The van der Waals surface area contributed by atoms with Crippen molar-refractivity contribution in [3.63, 3.8) is 0 Å². The molecule has 0 amide bonds. The Bertz CT molecular complexity index is 306. The summed E-state index contributed by atoms with van der Waals surface area (Å²) < 4.78 is 6.39. The molecule has 0 bridgehead atoms. The van der Waals surface area contributed by atoms with Gasteiger partial charge in [-0.25, -0.2) is 4.79 Å². The predicted octanol–water partition coefficient (Wildman–Crippen LogP) is 1.87. The van der Waals surface area contributed by atoms with E-state index in [1.807, 2.05) is 30.3 Å². The van der Waals surface area contributed by atoms with Crippen molar-refractivity contribution in [3.05, 3.63) is 48.0 Å². The summed E-state index contributed by atoms with van der Waals surface area (Å²) in [6.07, 6.45) is 0.429. The fourth-order valence-electron chi connectivity index (χ4n) is 0.914. The monoisotopic (exact) mass is 163 g/mol. The number of benzene rings is 1. The highest BCUT2D eigenvalue weighted by Gasteiger charge is 2.03. The van der Waals surface area contributed by atoms with Crippen molar-refractivity contribution >= 4 is 5.97 Å². The quantitative estimate of drug-likeness (QED) is 0.690. The maximum atomic E-state index is 10.8. The molecule has 0 aliphatic rings. The lowest BCUT2D eigenvalue weighted by molar-refractivity contribution is -0.132. The Balaban J connectivity index is 2.60. The minimum atomic E-state index is -0.677. The van der Waals surface area contributed by atoms with Crippen molar-refractivity contribution in [3.8, 4) is 0 Å². The highest BCUT2D eigenvalue weighted by atomic mass is 16.4. The molecule has 0 fully saturated rings. The number of rotatable bonds is 3. The van der Waals surface area contributed by atoms with E-state index in [4.69, 9.17) is 1.43 Å². The molecular formula is C10H10O2. The highest BCUT2D eigenvalue weighted by Crippen LogP contribution is 2.05. The van der Waals surface area contributed by atoms with E-state index in [2.05, 4.69) is 11.7 Å². The van der Waals surface area contributed by atoms with Crippen LogP contribution >= 0.6 is 0 Å². The number of carboxylic acid groups (broad SMARTS) is 1. The molecule has 1 aromatic rings. The second kappa shape index (κ2) is 3.72. The van der Waals surface area contributed by atoms with Crippen molar-refractivity contribution in [2.75, 3.05) is 0 Å². The normalized spacial score (nSPS) is 10.2. The van der Waals surface area contributed by atoms with Gasteiger partial charge in [0.2, 0.25) is 0 Å². The Morgan fingerprint density at radius 3 is 2.75 bits per heavy atom. The molecule has 0 aromatic heterocycles. The van der Waals surface area contributed by atoms with Gasteiger partial charge in [-0.2, -0.15) is 0 Å². The molecule has 2 heteroatoms. The maximum Gasteiger partial charge on any atom is 0.331 e. The van der Waals surface area contributed by atoms with Crippen LogP contribution in [0.3, 0.4) is 0 Å². The predicted molar refractivity (Wildman–Crippen MR) is 46.9 cm³/mol. The molecule has 0 atom stereocenters. The number of hydrogen-bond acceptors (Lipinski definition) is 2. The van der Waals surface area contributed by atoms with Crippen LogP contribution in [0.2, 0.25) is 0 Å².